The number of phenolic OH excluding ortho intramolecular Hbond substituents is 2. The number of aromatic hydroxyl groups is 2. The average molecular weight is 376 g/mol. The summed E-state index contributed by atoms with van der Waals surface area (Å²) in [6.45, 7) is 0.397. The van der Waals surface area contributed by atoms with Crippen molar-refractivity contribution in [3.05, 3.63) is 89.5 Å². The lowest BCUT2D eigenvalue weighted by atomic mass is 10.1. The van der Waals surface area contributed by atoms with Crippen molar-refractivity contribution in [2.45, 2.75) is 6.61 Å². The molecule has 0 aliphatic carbocycles. The molecule has 142 valence electrons. The Balaban J connectivity index is 1.69. The second-order valence-electron chi connectivity index (χ2n) is 6.08. The summed E-state index contributed by atoms with van der Waals surface area (Å²) in [7, 11) is 1.43. The second kappa shape index (κ2) is 8.77. The van der Waals surface area contributed by atoms with Crippen LogP contribution in [0.15, 0.2) is 72.8 Å². The van der Waals surface area contributed by atoms with Crippen LogP contribution in [0.2, 0.25) is 0 Å². The molecular weight excluding hydrogens is 356 g/mol. The van der Waals surface area contributed by atoms with Crippen LogP contribution in [0.25, 0.3) is 6.08 Å². The lowest BCUT2D eigenvalue weighted by Gasteiger charge is -2.08. The summed E-state index contributed by atoms with van der Waals surface area (Å²) in [6, 6.07) is 18.9. The highest BCUT2D eigenvalue weighted by Crippen LogP contribution is 2.27. The highest BCUT2D eigenvalue weighted by atomic mass is 16.5. The second-order valence-corrected chi connectivity index (χ2v) is 6.08. The molecule has 3 rings (SSSR count). The van der Waals surface area contributed by atoms with Gasteiger partial charge in [-0.2, -0.15) is 0 Å². The lowest BCUT2D eigenvalue weighted by molar-refractivity contribution is 0.104. The predicted molar refractivity (Wildman–Crippen MR) is 107 cm³/mol. The first-order valence-corrected chi connectivity index (χ1v) is 8.66. The number of benzene rings is 3. The van der Waals surface area contributed by atoms with Crippen LogP contribution in [-0.4, -0.2) is 23.1 Å². The molecule has 0 bridgehead atoms. The first-order chi connectivity index (χ1) is 13.6. The number of allylic oxidation sites excluding steroid dienone is 1. The van der Waals surface area contributed by atoms with E-state index in [9.17, 15) is 15.0 Å². The van der Waals surface area contributed by atoms with E-state index in [-0.39, 0.29) is 23.0 Å². The van der Waals surface area contributed by atoms with E-state index in [2.05, 4.69) is 0 Å². The number of carbonyl (C=O) groups is 1. The van der Waals surface area contributed by atoms with Gasteiger partial charge in [0.25, 0.3) is 0 Å². The minimum Gasteiger partial charge on any atom is -0.508 e. The molecule has 0 amide bonds. The van der Waals surface area contributed by atoms with Crippen molar-refractivity contribution in [2.75, 3.05) is 7.11 Å². The summed E-state index contributed by atoms with van der Waals surface area (Å²) in [4.78, 5) is 12.4. The predicted octanol–water partition coefficient (Wildman–Crippen LogP) is 4.58. The monoisotopic (exact) mass is 376 g/mol. The fourth-order valence-corrected chi connectivity index (χ4v) is 2.63. The van der Waals surface area contributed by atoms with Gasteiger partial charge in [0, 0.05) is 17.7 Å². The number of phenols is 2. The summed E-state index contributed by atoms with van der Waals surface area (Å²) in [5.41, 5.74) is 1.83. The maximum atomic E-state index is 12.4. The fraction of sp³-hybridized carbons (Fsp3) is 0.0870. The van der Waals surface area contributed by atoms with Crippen LogP contribution in [0, 0.1) is 0 Å². The number of hydrogen-bond donors (Lipinski definition) is 2. The summed E-state index contributed by atoms with van der Waals surface area (Å²) in [5.74, 6) is 0.530. The largest absolute Gasteiger partial charge is 0.508 e. The average Bonchev–Trinajstić information content (AvgIpc) is 2.72. The fourth-order valence-electron chi connectivity index (χ4n) is 2.63. The Morgan fingerprint density at radius 1 is 1.00 bits per heavy atom. The van der Waals surface area contributed by atoms with Crippen molar-refractivity contribution in [3.63, 3.8) is 0 Å². The van der Waals surface area contributed by atoms with Gasteiger partial charge < -0.3 is 19.7 Å². The zero-order chi connectivity index (χ0) is 19.9. The minimum atomic E-state index is -0.305. The van der Waals surface area contributed by atoms with Crippen molar-refractivity contribution < 1.29 is 24.5 Å². The molecule has 0 heterocycles. The first-order valence-electron chi connectivity index (χ1n) is 8.66. The van der Waals surface area contributed by atoms with E-state index in [1.54, 1.807) is 12.1 Å². The summed E-state index contributed by atoms with van der Waals surface area (Å²) >= 11 is 0. The molecule has 0 saturated carbocycles. The SMILES string of the molecule is COc1cc(O)ccc1C(=O)C=Cc1ccc(OCc2ccccc2)cc1O. The first kappa shape index (κ1) is 19.0. The molecule has 0 fully saturated rings. The summed E-state index contributed by atoms with van der Waals surface area (Å²) in [6.07, 6.45) is 2.86. The van der Waals surface area contributed by atoms with Crippen molar-refractivity contribution in [2.24, 2.45) is 0 Å². The number of hydrogen-bond acceptors (Lipinski definition) is 5. The van der Waals surface area contributed by atoms with Crippen LogP contribution >= 0.6 is 0 Å². The zero-order valence-electron chi connectivity index (χ0n) is 15.3. The van der Waals surface area contributed by atoms with E-state index >= 15 is 0 Å². The Kier molecular flexibility index (Phi) is 5.97. The van der Waals surface area contributed by atoms with Crippen LogP contribution in [-0.2, 0) is 6.61 Å². The molecule has 2 N–H and O–H groups in total. The molecule has 0 aromatic heterocycles. The normalized spacial score (nSPS) is 10.8. The Morgan fingerprint density at radius 2 is 1.79 bits per heavy atom. The lowest BCUT2D eigenvalue weighted by Crippen LogP contribution is -1.98. The maximum absolute atomic E-state index is 12.4. The molecule has 0 saturated heterocycles. The molecule has 0 unspecified atom stereocenters. The Morgan fingerprint density at radius 3 is 2.50 bits per heavy atom. The van der Waals surface area contributed by atoms with Crippen molar-refractivity contribution >= 4 is 11.9 Å². The molecule has 28 heavy (non-hydrogen) atoms. The molecule has 5 nitrogen and oxygen atoms in total. The minimum absolute atomic E-state index is 0.00674. The number of rotatable bonds is 7. The highest BCUT2D eigenvalue weighted by molar-refractivity contribution is 6.08. The standard InChI is InChI=1S/C23H20O5/c1-27-23-13-18(24)9-11-20(23)21(25)12-8-17-7-10-19(14-22(17)26)28-15-16-5-3-2-4-6-16/h2-14,24,26H,15H2,1H3. The van der Waals surface area contributed by atoms with Gasteiger partial charge in [0.15, 0.2) is 5.78 Å². The highest BCUT2D eigenvalue weighted by Gasteiger charge is 2.11. The number of carbonyl (C=O) groups excluding carboxylic acids is 1. The van der Waals surface area contributed by atoms with Gasteiger partial charge in [0.05, 0.1) is 12.7 Å². The van der Waals surface area contributed by atoms with E-state index < -0.39 is 0 Å². The van der Waals surface area contributed by atoms with E-state index in [1.807, 2.05) is 30.3 Å². The molecule has 5 heteroatoms. The van der Waals surface area contributed by atoms with Gasteiger partial charge in [-0.15, -0.1) is 0 Å². The van der Waals surface area contributed by atoms with Crippen molar-refractivity contribution in [1.29, 1.82) is 0 Å². The Hall–Kier alpha value is -3.73. The molecule has 0 aliphatic heterocycles. The van der Waals surface area contributed by atoms with Crippen LogP contribution in [0.3, 0.4) is 0 Å². The van der Waals surface area contributed by atoms with Gasteiger partial charge in [-0.1, -0.05) is 30.3 Å². The molecule has 0 radical (unpaired) electrons. The Labute approximate surface area is 163 Å². The van der Waals surface area contributed by atoms with Gasteiger partial charge in [0.2, 0.25) is 0 Å². The van der Waals surface area contributed by atoms with Gasteiger partial charge in [-0.3, -0.25) is 4.79 Å². The third-order valence-corrected chi connectivity index (χ3v) is 4.12. The summed E-state index contributed by atoms with van der Waals surface area (Å²) < 4.78 is 10.8. The molecular formula is C23H20O5. The van der Waals surface area contributed by atoms with Gasteiger partial charge >= 0.3 is 0 Å². The van der Waals surface area contributed by atoms with Crippen molar-refractivity contribution in [1.82, 2.24) is 0 Å². The smallest absolute Gasteiger partial charge is 0.189 e. The maximum Gasteiger partial charge on any atom is 0.189 e. The van der Waals surface area contributed by atoms with Gasteiger partial charge in [0.1, 0.15) is 29.6 Å². The molecule has 0 atom stereocenters. The molecule has 3 aromatic carbocycles. The van der Waals surface area contributed by atoms with E-state index in [1.165, 1.54) is 43.5 Å². The number of methoxy groups -OCH3 is 1. The van der Waals surface area contributed by atoms with Crippen LogP contribution in [0.4, 0.5) is 0 Å². The van der Waals surface area contributed by atoms with Crippen molar-refractivity contribution in [3.8, 4) is 23.0 Å². The zero-order valence-corrected chi connectivity index (χ0v) is 15.3. The number of ether oxygens (including phenoxy) is 2. The topological polar surface area (TPSA) is 76.0 Å². The third kappa shape index (κ3) is 4.71. The van der Waals surface area contributed by atoms with Gasteiger partial charge in [-0.25, -0.2) is 0 Å². The third-order valence-electron chi connectivity index (χ3n) is 4.12. The Bertz CT molecular complexity index is 993. The van der Waals surface area contributed by atoms with E-state index in [0.717, 1.165) is 5.56 Å². The molecule has 0 aliphatic rings. The van der Waals surface area contributed by atoms with Crippen LogP contribution < -0.4 is 9.47 Å². The van der Waals surface area contributed by atoms with E-state index in [0.29, 0.717) is 23.5 Å². The van der Waals surface area contributed by atoms with Crippen LogP contribution in [0.1, 0.15) is 21.5 Å². The molecule has 3 aromatic rings. The van der Waals surface area contributed by atoms with Gasteiger partial charge in [-0.05, 0) is 42.0 Å². The number of ketones is 1. The quantitative estimate of drug-likeness (QED) is 0.466. The van der Waals surface area contributed by atoms with E-state index in [4.69, 9.17) is 9.47 Å². The molecule has 0 spiro atoms. The van der Waals surface area contributed by atoms with Crippen LogP contribution in [0.5, 0.6) is 23.0 Å². The summed E-state index contributed by atoms with van der Waals surface area (Å²) in [5, 5.41) is 19.7.